The highest BCUT2D eigenvalue weighted by atomic mass is 35.5. The molecule has 0 radical (unpaired) electrons. The first kappa shape index (κ1) is 24.6. The van der Waals surface area contributed by atoms with Crippen molar-refractivity contribution in [2.75, 3.05) is 44.6 Å². The van der Waals surface area contributed by atoms with Crippen LogP contribution in [-0.4, -0.2) is 71.2 Å². The summed E-state index contributed by atoms with van der Waals surface area (Å²) in [5, 5.41) is 15.5. The van der Waals surface area contributed by atoms with Gasteiger partial charge in [0.05, 0.1) is 11.6 Å². The van der Waals surface area contributed by atoms with E-state index in [1.807, 2.05) is 12.1 Å². The van der Waals surface area contributed by atoms with Crippen LogP contribution < -0.4 is 5.32 Å². The second-order valence-corrected chi connectivity index (χ2v) is 11.3. The van der Waals surface area contributed by atoms with Gasteiger partial charge in [0, 0.05) is 53.8 Å². The van der Waals surface area contributed by atoms with Gasteiger partial charge in [-0.3, -0.25) is 4.79 Å². The number of β-amino-alcohol motifs (C(OH)–C–C–N with tert-alkyl or cyclic N) is 1. The lowest BCUT2D eigenvalue weighted by molar-refractivity contribution is 0.0203. The van der Waals surface area contributed by atoms with Crippen LogP contribution >= 0.6 is 11.6 Å². The second-order valence-electron chi connectivity index (χ2n) is 10.9. The number of aromatic nitrogens is 1. The van der Waals surface area contributed by atoms with E-state index >= 15 is 0 Å². The van der Waals surface area contributed by atoms with Gasteiger partial charge in [-0.05, 0) is 74.5 Å². The van der Waals surface area contributed by atoms with Crippen LogP contribution in [0.1, 0.15) is 41.7 Å². The van der Waals surface area contributed by atoms with E-state index in [9.17, 15) is 18.7 Å². The molecule has 2 fully saturated rings. The molecule has 6 nitrogen and oxygen atoms in total. The van der Waals surface area contributed by atoms with Crippen molar-refractivity contribution in [3.63, 3.8) is 0 Å². The number of hydrogen-bond donors (Lipinski definition) is 3. The average molecular weight is 529 g/mol. The third kappa shape index (κ3) is 4.60. The molecule has 2 aromatic carbocycles. The fraction of sp³-hybridized carbons (Fsp3) is 0.464. The number of carbonyl (C=O) groups excluding carboxylic acids is 1. The predicted molar refractivity (Wildman–Crippen MR) is 140 cm³/mol. The molecule has 1 amide bonds. The Bertz CT molecular complexity index is 1330. The van der Waals surface area contributed by atoms with E-state index in [-0.39, 0.29) is 33.8 Å². The minimum Gasteiger partial charge on any atom is -0.392 e. The number of aromatic amines is 1. The zero-order valence-electron chi connectivity index (χ0n) is 20.6. The summed E-state index contributed by atoms with van der Waals surface area (Å²) in [6.45, 7) is 4.51. The molecule has 1 atom stereocenters. The van der Waals surface area contributed by atoms with Crippen molar-refractivity contribution in [2.24, 2.45) is 5.92 Å². The lowest BCUT2D eigenvalue weighted by atomic mass is 9.74. The summed E-state index contributed by atoms with van der Waals surface area (Å²) in [6.07, 6.45) is 3.08. The third-order valence-electron chi connectivity index (χ3n) is 8.68. The maximum atomic E-state index is 14.0. The number of amides is 1. The van der Waals surface area contributed by atoms with Gasteiger partial charge in [-0.1, -0.05) is 17.7 Å². The number of H-pyrrole nitrogens is 1. The lowest BCUT2D eigenvalue weighted by Gasteiger charge is -2.41. The number of fused-ring (bicyclic) bond motifs is 3. The van der Waals surface area contributed by atoms with Gasteiger partial charge in [0.1, 0.15) is 17.3 Å². The highest BCUT2D eigenvalue weighted by molar-refractivity contribution is 6.30. The van der Waals surface area contributed by atoms with Crippen molar-refractivity contribution >= 4 is 34.1 Å². The predicted octanol–water partition coefficient (Wildman–Crippen LogP) is 4.77. The highest BCUT2D eigenvalue weighted by Gasteiger charge is 2.42. The van der Waals surface area contributed by atoms with Crippen LogP contribution in [-0.2, 0) is 5.41 Å². The first-order chi connectivity index (χ1) is 17.8. The maximum absolute atomic E-state index is 14.0. The molecule has 0 saturated carbocycles. The van der Waals surface area contributed by atoms with Crippen LogP contribution in [0.4, 0.5) is 14.5 Å². The molecule has 1 spiro atoms. The van der Waals surface area contributed by atoms with Gasteiger partial charge in [-0.2, -0.15) is 0 Å². The normalized spacial score (nSPS) is 20.8. The molecule has 1 unspecified atom stereocenters. The Morgan fingerprint density at radius 3 is 2.62 bits per heavy atom. The summed E-state index contributed by atoms with van der Waals surface area (Å²) >= 11 is 6.16. The number of carbonyl (C=O) groups is 1. The average Bonchev–Trinajstić information content (AvgIpc) is 3.47. The number of aliphatic hydroxyl groups excluding tert-OH is 1. The monoisotopic (exact) mass is 528 g/mol. The van der Waals surface area contributed by atoms with Crippen molar-refractivity contribution in [1.29, 1.82) is 0 Å². The van der Waals surface area contributed by atoms with Gasteiger partial charge < -0.3 is 25.2 Å². The molecule has 4 heterocycles. The molecular weight excluding hydrogens is 498 g/mol. The van der Waals surface area contributed by atoms with E-state index in [0.717, 1.165) is 49.3 Å². The molecule has 0 bridgehead atoms. The highest BCUT2D eigenvalue weighted by Crippen LogP contribution is 2.44. The fourth-order valence-corrected chi connectivity index (χ4v) is 6.61. The van der Waals surface area contributed by atoms with Crippen LogP contribution in [0.2, 0.25) is 5.02 Å². The van der Waals surface area contributed by atoms with Gasteiger partial charge in [-0.15, -0.1) is 0 Å². The number of aliphatic hydroxyl groups is 1. The summed E-state index contributed by atoms with van der Waals surface area (Å²) in [5.74, 6) is -1.46. The number of rotatable bonds is 4. The van der Waals surface area contributed by atoms with E-state index in [4.69, 9.17) is 11.6 Å². The number of hydrogen-bond acceptors (Lipinski definition) is 4. The second kappa shape index (κ2) is 9.57. The van der Waals surface area contributed by atoms with Gasteiger partial charge in [0.15, 0.2) is 0 Å². The van der Waals surface area contributed by atoms with E-state index in [0.29, 0.717) is 32.5 Å². The Morgan fingerprint density at radius 1 is 1.11 bits per heavy atom. The third-order valence-corrected chi connectivity index (χ3v) is 8.92. The van der Waals surface area contributed by atoms with Gasteiger partial charge in [0.2, 0.25) is 0 Å². The van der Waals surface area contributed by atoms with Crippen LogP contribution in [0.25, 0.3) is 10.9 Å². The topological polar surface area (TPSA) is 71.6 Å². The van der Waals surface area contributed by atoms with Crippen molar-refractivity contribution in [3.05, 3.63) is 64.3 Å². The fourth-order valence-electron chi connectivity index (χ4n) is 6.44. The first-order valence-corrected chi connectivity index (χ1v) is 13.4. The Labute approximate surface area is 219 Å². The number of nitrogens with one attached hydrogen (secondary N) is 2. The zero-order chi connectivity index (χ0) is 25.7. The number of piperidine rings is 2. The van der Waals surface area contributed by atoms with Crippen molar-refractivity contribution in [2.45, 2.75) is 37.2 Å². The molecule has 2 saturated heterocycles. The minimum absolute atomic E-state index is 0.130. The van der Waals surface area contributed by atoms with Gasteiger partial charge in [0.25, 0.3) is 5.91 Å². The number of halogens is 3. The summed E-state index contributed by atoms with van der Waals surface area (Å²) in [6, 6.07) is 9.59. The molecule has 3 aliphatic rings. The molecule has 3 aliphatic heterocycles. The lowest BCUT2D eigenvalue weighted by Crippen LogP contribution is -2.48. The molecule has 3 N–H and O–H groups in total. The van der Waals surface area contributed by atoms with Crippen LogP contribution in [0.15, 0.2) is 36.4 Å². The smallest absolute Gasteiger partial charge is 0.270 e. The summed E-state index contributed by atoms with van der Waals surface area (Å²) < 4.78 is 27.5. The molecule has 37 heavy (non-hydrogen) atoms. The number of nitrogens with zero attached hydrogens (tertiary/aromatic N) is 2. The number of likely N-dealkylation sites (tertiary alicyclic amines) is 2. The summed E-state index contributed by atoms with van der Waals surface area (Å²) in [4.78, 5) is 19.9. The van der Waals surface area contributed by atoms with E-state index in [2.05, 4.69) is 21.3 Å². The Morgan fingerprint density at radius 2 is 1.86 bits per heavy atom. The molecule has 6 rings (SSSR count). The van der Waals surface area contributed by atoms with Gasteiger partial charge in [-0.25, -0.2) is 8.78 Å². The molecule has 0 aliphatic carbocycles. The number of anilines is 1. The molecule has 9 heteroatoms. The van der Waals surface area contributed by atoms with Gasteiger partial charge >= 0.3 is 0 Å². The molecular formula is C28H31ClF2N4O2. The Kier molecular flexibility index (Phi) is 6.37. The molecule has 1 aromatic heterocycles. The standard InChI is InChI=1S/C28H31ClF2N4O2/c29-18-1-2-21-24(11-18)32-16-28(21)5-9-34(10-6-28)15-26(36)17-3-7-35(8-4-17)27(37)25-14-20-22(31)12-19(30)13-23(20)33-25/h1-2,11-14,17,26,32-33,36H,3-10,15-16H2. The van der Waals surface area contributed by atoms with Crippen LogP contribution in [0, 0.1) is 17.6 Å². The number of benzene rings is 2. The minimum atomic E-state index is -0.687. The van der Waals surface area contributed by atoms with Crippen molar-refractivity contribution < 1.29 is 18.7 Å². The quantitative estimate of drug-likeness (QED) is 0.456. The maximum Gasteiger partial charge on any atom is 0.270 e. The SMILES string of the molecule is O=C(c1cc2c(F)cc(F)cc2[nH]1)N1CCC(C(O)CN2CCC3(CC2)CNc2cc(Cl)ccc23)CC1. The Balaban J connectivity index is 1.01. The van der Waals surface area contributed by atoms with Crippen molar-refractivity contribution in [1.82, 2.24) is 14.8 Å². The summed E-state index contributed by atoms with van der Waals surface area (Å²) in [5.41, 5.74) is 3.18. The van der Waals surface area contributed by atoms with Crippen LogP contribution in [0.3, 0.4) is 0 Å². The molecule has 196 valence electrons. The Hall–Kier alpha value is -2.68. The zero-order valence-corrected chi connectivity index (χ0v) is 21.3. The summed E-state index contributed by atoms with van der Waals surface area (Å²) in [7, 11) is 0. The van der Waals surface area contributed by atoms with Crippen molar-refractivity contribution in [3.8, 4) is 0 Å². The van der Waals surface area contributed by atoms with E-state index in [1.54, 1.807) is 4.90 Å². The van der Waals surface area contributed by atoms with E-state index in [1.165, 1.54) is 17.7 Å². The molecule has 3 aromatic rings. The largest absolute Gasteiger partial charge is 0.392 e. The first-order valence-electron chi connectivity index (χ1n) is 13.0. The van der Waals surface area contributed by atoms with E-state index < -0.39 is 17.7 Å². The van der Waals surface area contributed by atoms with Crippen LogP contribution in [0.5, 0.6) is 0 Å².